The fourth-order valence-corrected chi connectivity index (χ4v) is 3.50. The Labute approximate surface area is 144 Å². The third kappa shape index (κ3) is 3.15. The topological polar surface area (TPSA) is 69.0 Å². The second-order valence-corrected chi connectivity index (χ2v) is 6.81. The molecule has 4 heterocycles. The van der Waals surface area contributed by atoms with Crippen LogP contribution in [0.1, 0.15) is 22.4 Å². The van der Waals surface area contributed by atoms with E-state index in [1.807, 2.05) is 30.9 Å². The molecule has 7 nitrogen and oxygen atoms in total. The number of aromatic nitrogens is 5. The first-order valence-corrected chi connectivity index (χ1v) is 8.69. The van der Waals surface area contributed by atoms with Gasteiger partial charge >= 0.3 is 0 Å². The quantitative estimate of drug-likeness (QED) is 0.708. The first kappa shape index (κ1) is 15.2. The summed E-state index contributed by atoms with van der Waals surface area (Å²) in [6, 6.07) is 2.01. The summed E-state index contributed by atoms with van der Waals surface area (Å²) < 4.78 is 8.10. The molecule has 0 spiro atoms. The van der Waals surface area contributed by atoms with Gasteiger partial charge in [0.1, 0.15) is 0 Å². The number of ether oxygens (including phenoxy) is 1. The van der Waals surface area contributed by atoms with Crippen LogP contribution in [-0.2, 0) is 17.9 Å². The zero-order valence-electron chi connectivity index (χ0n) is 13.4. The lowest BCUT2D eigenvalue weighted by atomic mass is 10.2. The summed E-state index contributed by atoms with van der Waals surface area (Å²) in [7, 11) is 0. The molecular formula is C16H18N6OS. The summed E-state index contributed by atoms with van der Waals surface area (Å²) in [5.41, 5.74) is 2.13. The van der Waals surface area contributed by atoms with E-state index in [-0.39, 0.29) is 6.04 Å². The maximum atomic E-state index is 5.91. The SMILES string of the molecule is Cc1nc(COCC2CN(c3ncccn3)Cc3cncn32)cs1. The summed E-state index contributed by atoms with van der Waals surface area (Å²) in [5, 5.41) is 3.11. The van der Waals surface area contributed by atoms with E-state index in [2.05, 4.69) is 29.4 Å². The van der Waals surface area contributed by atoms with Gasteiger partial charge in [-0.1, -0.05) is 0 Å². The summed E-state index contributed by atoms with van der Waals surface area (Å²) in [4.78, 5) is 19.6. The average molecular weight is 342 g/mol. The van der Waals surface area contributed by atoms with Crippen LogP contribution in [0.3, 0.4) is 0 Å². The number of rotatable bonds is 5. The van der Waals surface area contributed by atoms with Crippen molar-refractivity contribution < 1.29 is 4.74 Å². The van der Waals surface area contributed by atoms with Crippen molar-refractivity contribution in [1.82, 2.24) is 24.5 Å². The lowest BCUT2D eigenvalue weighted by molar-refractivity contribution is 0.0860. The van der Waals surface area contributed by atoms with Crippen LogP contribution < -0.4 is 4.90 Å². The summed E-state index contributed by atoms with van der Waals surface area (Å²) in [6.45, 7) is 4.69. The maximum absolute atomic E-state index is 5.91. The molecule has 0 aromatic carbocycles. The van der Waals surface area contributed by atoms with Crippen molar-refractivity contribution in [3.63, 3.8) is 0 Å². The molecule has 1 atom stereocenters. The van der Waals surface area contributed by atoms with Gasteiger partial charge in [0.15, 0.2) is 0 Å². The molecule has 8 heteroatoms. The lowest BCUT2D eigenvalue weighted by Gasteiger charge is -2.34. The highest BCUT2D eigenvalue weighted by molar-refractivity contribution is 7.09. The minimum Gasteiger partial charge on any atom is -0.373 e. The molecule has 0 amide bonds. The van der Waals surface area contributed by atoms with Crippen LogP contribution in [0, 0.1) is 6.92 Å². The van der Waals surface area contributed by atoms with Gasteiger partial charge in [-0.3, -0.25) is 0 Å². The summed E-state index contributed by atoms with van der Waals surface area (Å²) >= 11 is 1.65. The van der Waals surface area contributed by atoms with Crippen LogP contribution in [0.2, 0.25) is 0 Å². The summed E-state index contributed by atoms with van der Waals surface area (Å²) in [5.74, 6) is 0.741. The standard InChI is InChI=1S/C16H18N6OS/c1-12-20-13(10-24-12)8-23-9-15-7-21(16-18-3-2-4-19-16)6-14-5-17-11-22(14)15/h2-5,10-11,15H,6-9H2,1H3. The molecule has 0 radical (unpaired) electrons. The Morgan fingerprint density at radius 3 is 3.00 bits per heavy atom. The molecule has 1 unspecified atom stereocenters. The van der Waals surface area contributed by atoms with Crippen LogP contribution in [0.25, 0.3) is 0 Å². The second kappa shape index (κ2) is 6.66. The van der Waals surface area contributed by atoms with Crippen molar-refractivity contribution in [3.8, 4) is 0 Å². The first-order chi connectivity index (χ1) is 11.8. The Balaban J connectivity index is 1.45. The molecule has 3 aromatic rings. The number of imidazole rings is 1. The van der Waals surface area contributed by atoms with Gasteiger partial charge in [0.05, 0.1) is 48.5 Å². The van der Waals surface area contributed by atoms with Crippen LogP contribution >= 0.6 is 11.3 Å². The number of hydrogen-bond acceptors (Lipinski definition) is 7. The molecule has 24 heavy (non-hydrogen) atoms. The monoisotopic (exact) mass is 342 g/mol. The number of anilines is 1. The highest BCUT2D eigenvalue weighted by Gasteiger charge is 2.26. The van der Waals surface area contributed by atoms with E-state index >= 15 is 0 Å². The van der Waals surface area contributed by atoms with Gasteiger partial charge < -0.3 is 14.2 Å². The van der Waals surface area contributed by atoms with Gasteiger partial charge in [-0.25, -0.2) is 19.9 Å². The first-order valence-electron chi connectivity index (χ1n) is 7.81. The second-order valence-electron chi connectivity index (χ2n) is 5.75. The number of aryl methyl sites for hydroxylation is 1. The molecule has 0 aliphatic carbocycles. The van der Waals surface area contributed by atoms with Gasteiger partial charge in [-0.2, -0.15) is 0 Å². The maximum Gasteiger partial charge on any atom is 0.225 e. The van der Waals surface area contributed by atoms with Gasteiger partial charge in [0.25, 0.3) is 0 Å². The molecule has 3 aromatic heterocycles. The molecule has 0 saturated carbocycles. The largest absolute Gasteiger partial charge is 0.373 e. The van der Waals surface area contributed by atoms with Gasteiger partial charge in [-0.15, -0.1) is 11.3 Å². The third-order valence-electron chi connectivity index (χ3n) is 3.99. The zero-order valence-corrected chi connectivity index (χ0v) is 14.2. The zero-order chi connectivity index (χ0) is 16.4. The van der Waals surface area contributed by atoms with Gasteiger partial charge in [0, 0.05) is 30.5 Å². The smallest absolute Gasteiger partial charge is 0.225 e. The van der Waals surface area contributed by atoms with E-state index in [0.717, 1.165) is 35.4 Å². The van der Waals surface area contributed by atoms with Crippen LogP contribution in [-0.4, -0.2) is 37.7 Å². The molecule has 0 bridgehead atoms. The van der Waals surface area contributed by atoms with E-state index in [1.54, 1.807) is 23.7 Å². The number of fused-ring (bicyclic) bond motifs is 1. The van der Waals surface area contributed by atoms with Crippen molar-refractivity contribution in [2.24, 2.45) is 0 Å². The van der Waals surface area contributed by atoms with E-state index < -0.39 is 0 Å². The van der Waals surface area contributed by atoms with Crippen LogP contribution in [0.15, 0.2) is 36.4 Å². The van der Waals surface area contributed by atoms with Crippen molar-refractivity contribution >= 4 is 17.3 Å². The Hall–Kier alpha value is -2.32. The lowest BCUT2D eigenvalue weighted by Crippen LogP contribution is -2.39. The third-order valence-corrected chi connectivity index (χ3v) is 4.81. The minimum absolute atomic E-state index is 0.180. The van der Waals surface area contributed by atoms with Crippen molar-refractivity contribution in [2.45, 2.75) is 26.1 Å². The predicted octanol–water partition coefficient (Wildman–Crippen LogP) is 2.22. The highest BCUT2D eigenvalue weighted by atomic mass is 32.1. The van der Waals surface area contributed by atoms with E-state index in [4.69, 9.17) is 4.74 Å². The van der Waals surface area contributed by atoms with Crippen molar-refractivity contribution in [1.29, 1.82) is 0 Å². The Kier molecular flexibility index (Phi) is 4.22. The van der Waals surface area contributed by atoms with Crippen LogP contribution in [0.4, 0.5) is 5.95 Å². The van der Waals surface area contributed by atoms with Crippen molar-refractivity contribution in [3.05, 3.63) is 52.8 Å². The molecule has 1 aliphatic rings. The summed E-state index contributed by atoms with van der Waals surface area (Å²) in [6.07, 6.45) is 7.31. The van der Waals surface area contributed by atoms with Gasteiger partial charge in [0.2, 0.25) is 5.95 Å². The predicted molar refractivity (Wildman–Crippen MR) is 90.9 cm³/mol. The minimum atomic E-state index is 0.180. The average Bonchev–Trinajstić information content (AvgIpc) is 3.24. The normalized spacial score (nSPS) is 17.0. The molecule has 1 aliphatic heterocycles. The Bertz CT molecular complexity index is 802. The molecule has 124 valence electrons. The highest BCUT2D eigenvalue weighted by Crippen LogP contribution is 2.24. The fourth-order valence-electron chi connectivity index (χ4n) is 2.90. The van der Waals surface area contributed by atoms with E-state index in [0.29, 0.717) is 13.2 Å². The number of thiazole rings is 1. The van der Waals surface area contributed by atoms with Crippen LogP contribution in [0.5, 0.6) is 0 Å². The number of nitrogens with zero attached hydrogens (tertiary/aromatic N) is 6. The fraction of sp³-hybridized carbons (Fsp3) is 0.375. The molecule has 0 saturated heterocycles. The van der Waals surface area contributed by atoms with E-state index in [1.165, 1.54) is 0 Å². The molecule has 0 fully saturated rings. The molecule has 0 N–H and O–H groups in total. The van der Waals surface area contributed by atoms with E-state index in [9.17, 15) is 0 Å². The number of hydrogen-bond donors (Lipinski definition) is 0. The van der Waals surface area contributed by atoms with Gasteiger partial charge in [-0.05, 0) is 13.0 Å². The molecule has 4 rings (SSSR count). The Morgan fingerprint density at radius 2 is 2.21 bits per heavy atom. The Morgan fingerprint density at radius 1 is 1.33 bits per heavy atom. The molecular weight excluding hydrogens is 324 g/mol. The van der Waals surface area contributed by atoms with Crippen molar-refractivity contribution in [2.75, 3.05) is 18.1 Å².